The Kier molecular flexibility index (Phi) is 4.58. The first-order valence-electron chi connectivity index (χ1n) is 6.53. The van der Waals surface area contributed by atoms with Crippen LogP contribution in [0.5, 0.6) is 0 Å². The van der Waals surface area contributed by atoms with Crippen molar-refractivity contribution in [1.82, 2.24) is 5.32 Å². The molecule has 2 N–H and O–H groups in total. The maximum atomic E-state index is 11.8. The van der Waals surface area contributed by atoms with Crippen LogP contribution in [0.25, 0.3) is 0 Å². The van der Waals surface area contributed by atoms with Gasteiger partial charge in [-0.25, -0.2) is 0 Å². The van der Waals surface area contributed by atoms with Crippen LogP contribution in [0.1, 0.15) is 30.1 Å². The van der Waals surface area contributed by atoms with Crippen LogP contribution >= 0.6 is 0 Å². The highest BCUT2D eigenvalue weighted by Gasteiger charge is 2.16. The maximum absolute atomic E-state index is 11.8. The number of hydrogen-bond donors (Lipinski definition) is 2. The molecule has 102 valence electrons. The zero-order valence-electron chi connectivity index (χ0n) is 11.1. The molecule has 0 bridgehead atoms. The molecular weight excluding hydrogens is 242 g/mol. The average molecular weight is 261 g/mol. The second-order valence-electron chi connectivity index (χ2n) is 4.64. The van der Waals surface area contributed by atoms with Crippen molar-refractivity contribution in [1.29, 1.82) is 0 Å². The van der Waals surface area contributed by atoms with Crippen LogP contribution < -0.4 is 5.32 Å². The first-order valence-corrected chi connectivity index (χ1v) is 6.53. The van der Waals surface area contributed by atoms with E-state index < -0.39 is 6.10 Å². The SMILES string of the molecule is Cc1ccccc1C(O)CNC(=O)C1=CCCCO1. The van der Waals surface area contributed by atoms with Crippen molar-refractivity contribution >= 4 is 5.91 Å². The van der Waals surface area contributed by atoms with Gasteiger partial charge in [0.1, 0.15) is 0 Å². The lowest BCUT2D eigenvalue weighted by atomic mass is 10.0. The molecule has 0 aromatic heterocycles. The Balaban J connectivity index is 1.90. The summed E-state index contributed by atoms with van der Waals surface area (Å²) in [5.41, 5.74) is 1.85. The number of nitrogens with one attached hydrogen (secondary N) is 1. The molecule has 0 spiro atoms. The molecule has 1 aliphatic heterocycles. The van der Waals surface area contributed by atoms with Crippen molar-refractivity contribution in [2.75, 3.05) is 13.2 Å². The number of aliphatic hydroxyl groups is 1. The van der Waals surface area contributed by atoms with Gasteiger partial charge in [0, 0.05) is 6.54 Å². The lowest BCUT2D eigenvalue weighted by Gasteiger charge is -2.17. The summed E-state index contributed by atoms with van der Waals surface area (Å²) in [5, 5.41) is 12.8. The molecule has 1 atom stereocenters. The number of ether oxygens (including phenoxy) is 1. The number of aliphatic hydroxyl groups excluding tert-OH is 1. The van der Waals surface area contributed by atoms with E-state index >= 15 is 0 Å². The Morgan fingerprint density at radius 2 is 2.26 bits per heavy atom. The Labute approximate surface area is 113 Å². The summed E-state index contributed by atoms with van der Waals surface area (Å²) in [6.45, 7) is 2.71. The minimum atomic E-state index is -0.700. The number of aryl methyl sites for hydroxylation is 1. The summed E-state index contributed by atoms with van der Waals surface area (Å²) in [4.78, 5) is 11.8. The molecule has 4 heteroatoms. The molecule has 1 aliphatic rings. The molecule has 1 unspecified atom stereocenters. The third-order valence-corrected chi connectivity index (χ3v) is 3.16. The van der Waals surface area contributed by atoms with Gasteiger partial charge in [-0.1, -0.05) is 24.3 Å². The quantitative estimate of drug-likeness (QED) is 0.869. The number of allylic oxidation sites excluding steroid dienone is 1. The van der Waals surface area contributed by atoms with Crippen LogP contribution in [0.3, 0.4) is 0 Å². The van der Waals surface area contributed by atoms with E-state index in [0.29, 0.717) is 12.4 Å². The molecule has 0 aliphatic carbocycles. The Bertz CT molecular complexity index is 482. The zero-order valence-corrected chi connectivity index (χ0v) is 11.1. The van der Waals surface area contributed by atoms with Crippen molar-refractivity contribution in [2.45, 2.75) is 25.9 Å². The van der Waals surface area contributed by atoms with Gasteiger partial charge in [-0.15, -0.1) is 0 Å². The van der Waals surface area contributed by atoms with Crippen LogP contribution in [0, 0.1) is 6.92 Å². The Morgan fingerprint density at radius 3 is 2.95 bits per heavy atom. The summed E-state index contributed by atoms with van der Waals surface area (Å²) < 4.78 is 5.27. The predicted octanol–water partition coefficient (Wildman–Crippen LogP) is 1.84. The Morgan fingerprint density at radius 1 is 1.47 bits per heavy atom. The van der Waals surface area contributed by atoms with Crippen molar-refractivity contribution in [3.8, 4) is 0 Å². The molecule has 1 heterocycles. The van der Waals surface area contributed by atoms with Crippen molar-refractivity contribution in [3.05, 3.63) is 47.2 Å². The zero-order chi connectivity index (χ0) is 13.7. The third-order valence-electron chi connectivity index (χ3n) is 3.16. The molecule has 0 saturated carbocycles. The van der Waals surface area contributed by atoms with E-state index in [1.54, 1.807) is 6.08 Å². The fraction of sp³-hybridized carbons (Fsp3) is 0.400. The number of rotatable bonds is 4. The monoisotopic (exact) mass is 261 g/mol. The minimum absolute atomic E-state index is 0.185. The number of hydrogen-bond acceptors (Lipinski definition) is 3. The van der Waals surface area contributed by atoms with E-state index in [0.717, 1.165) is 24.0 Å². The van der Waals surface area contributed by atoms with Gasteiger partial charge in [0.25, 0.3) is 5.91 Å². The van der Waals surface area contributed by atoms with E-state index in [4.69, 9.17) is 4.74 Å². The van der Waals surface area contributed by atoms with E-state index in [1.807, 2.05) is 31.2 Å². The van der Waals surface area contributed by atoms with Crippen molar-refractivity contribution in [2.24, 2.45) is 0 Å². The van der Waals surface area contributed by atoms with E-state index in [2.05, 4.69) is 5.32 Å². The van der Waals surface area contributed by atoms with Crippen LogP contribution in [0.4, 0.5) is 0 Å². The highest BCUT2D eigenvalue weighted by molar-refractivity contribution is 5.91. The van der Waals surface area contributed by atoms with Crippen LogP contribution in [-0.2, 0) is 9.53 Å². The molecule has 0 radical (unpaired) electrons. The predicted molar refractivity (Wildman–Crippen MR) is 72.4 cm³/mol. The van der Waals surface area contributed by atoms with Gasteiger partial charge in [0.15, 0.2) is 5.76 Å². The topological polar surface area (TPSA) is 58.6 Å². The third kappa shape index (κ3) is 3.58. The molecule has 4 nitrogen and oxygen atoms in total. The first-order chi connectivity index (χ1) is 9.18. The Hall–Kier alpha value is -1.81. The molecule has 19 heavy (non-hydrogen) atoms. The first kappa shape index (κ1) is 13.6. The molecule has 0 fully saturated rings. The van der Waals surface area contributed by atoms with E-state index in [9.17, 15) is 9.90 Å². The largest absolute Gasteiger partial charge is 0.488 e. The second-order valence-corrected chi connectivity index (χ2v) is 4.64. The molecule has 0 saturated heterocycles. The van der Waals surface area contributed by atoms with Gasteiger partial charge in [0.05, 0.1) is 12.7 Å². The smallest absolute Gasteiger partial charge is 0.286 e. The minimum Gasteiger partial charge on any atom is -0.488 e. The molecule has 1 aromatic carbocycles. The second kappa shape index (κ2) is 6.38. The summed E-state index contributed by atoms with van der Waals surface area (Å²) in [5.74, 6) is 0.107. The number of carbonyl (C=O) groups is 1. The van der Waals surface area contributed by atoms with Crippen molar-refractivity contribution in [3.63, 3.8) is 0 Å². The van der Waals surface area contributed by atoms with Crippen LogP contribution in [-0.4, -0.2) is 24.2 Å². The van der Waals surface area contributed by atoms with Crippen molar-refractivity contribution < 1.29 is 14.6 Å². The van der Waals surface area contributed by atoms with Crippen LogP contribution in [0.15, 0.2) is 36.1 Å². The van der Waals surface area contributed by atoms with Gasteiger partial charge in [-0.3, -0.25) is 4.79 Å². The highest BCUT2D eigenvalue weighted by atomic mass is 16.5. The summed E-state index contributed by atoms with van der Waals surface area (Å²) in [6, 6.07) is 7.60. The van der Waals surface area contributed by atoms with E-state index in [1.165, 1.54) is 0 Å². The number of amides is 1. The average Bonchev–Trinajstić information content (AvgIpc) is 2.46. The lowest BCUT2D eigenvalue weighted by molar-refractivity contribution is -0.121. The van der Waals surface area contributed by atoms with Gasteiger partial charge in [-0.05, 0) is 37.0 Å². The van der Waals surface area contributed by atoms with E-state index in [-0.39, 0.29) is 12.5 Å². The molecule has 1 amide bonds. The fourth-order valence-electron chi connectivity index (χ4n) is 2.06. The lowest BCUT2D eigenvalue weighted by Crippen LogP contribution is -2.31. The summed E-state index contributed by atoms with van der Waals surface area (Å²) >= 11 is 0. The molecular formula is C15H19NO3. The highest BCUT2D eigenvalue weighted by Crippen LogP contribution is 2.16. The van der Waals surface area contributed by atoms with Gasteiger partial charge >= 0.3 is 0 Å². The summed E-state index contributed by atoms with van der Waals surface area (Å²) in [7, 11) is 0. The molecule has 2 rings (SSSR count). The van der Waals surface area contributed by atoms with Gasteiger partial charge in [0.2, 0.25) is 0 Å². The molecule has 1 aromatic rings. The standard InChI is InChI=1S/C15H19NO3/c1-11-6-2-3-7-12(11)13(17)10-16-15(18)14-8-4-5-9-19-14/h2-3,6-8,13,17H,4-5,9-10H2,1H3,(H,16,18). The summed E-state index contributed by atoms with van der Waals surface area (Å²) in [6.07, 6.45) is 2.90. The van der Waals surface area contributed by atoms with Gasteiger partial charge in [-0.2, -0.15) is 0 Å². The van der Waals surface area contributed by atoms with Gasteiger partial charge < -0.3 is 15.2 Å². The number of carbonyl (C=O) groups excluding carboxylic acids is 1. The van der Waals surface area contributed by atoms with Crippen LogP contribution in [0.2, 0.25) is 0 Å². The fourth-order valence-corrected chi connectivity index (χ4v) is 2.06. The number of benzene rings is 1. The maximum Gasteiger partial charge on any atom is 0.286 e. The normalized spacial score (nSPS) is 16.2.